The number of aromatic hydroxyl groups is 1. The summed E-state index contributed by atoms with van der Waals surface area (Å²) < 4.78 is 25.4. The highest BCUT2D eigenvalue weighted by atomic mass is 32.2. The summed E-state index contributed by atoms with van der Waals surface area (Å²) in [6, 6.07) is 20.9. The van der Waals surface area contributed by atoms with Gasteiger partial charge in [-0.25, -0.2) is 20.3 Å². The lowest BCUT2D eigenvalue weighted by molar-refractivity contribution is -0.432. The van der Waals surface area contributed by atoms with Gasteiger partial charge < -0.3 is 29.7 Å². The Morgan fingerprint density at radius 3 is 2.19 bits per heavy atom. The minimum absolute atomic E-state index is 0.0376. The van der Waals surface area contributed by atoms with Gasteiger partial charge in [0.2, 0.25) is 0 Å². The first kappa shape index (κ1) is 39.4. The summed E-state index contributed by atoms with van der Waals surface area (Å²) >= 11 is 1.28. The maximum atomic E-state index is 11.5. The van der Waals surface area contributed by atoms with Crippen molar-refractivity contribution in [1.29, 1.82) is 0 Å². The van der Waals surface area contributed by atoms with E-state index in [9.17, 15) is 15.0 Å². The molecule has 0 aliphatic carbocycles. The fourth-order valence-corrected chi connectivity index (χ4v) is 5.74. The van der Waals surface area contributed by atoms with Crippen molar-refractivity contribution >= 4 is 87.0 Å². The van der Waals surface area contributed by atoms with Gasteiger partial charge in [0.05, 0.1) is 71.6 Å². The molecule has 0 heterocycles. The van der Waals surface area contributed by atoms with Gasteiger partial charge in [0.1, 0.15) is 28.6 Å². The molecular formula is C34H30N6O12S2. The Morgan fingerprint density at radius 1 is 0.778 bits per heavy atom. The van der Waals surface area contributed by atoms with E-state index in [1.165, 1.54) is 38.8 Å². The summed E-state index contributed by atoms with van der Waals surface area (Å²) in [5.74, 6) is -0.639. The van der Waals surface area contributed by atoms with Crippen LogP contribution in [-0.4, -0.2) is 53.9 Å². The highest BCUT2D eigenvalue weighted by molar-refractivity contribution is 7.95. The number of phenolic OH excluding ortho intramolecular Hbond substituents is 1. The molecule has 0 saturated carbocycles. The van der Waals surface area contributed by atoms with E-state index in [4.69, 9.17) is 24.7 Å². The monoisotopic (exact) mass is 778 g/mol. The molecule has 0 fully saturated rings. The lowest BCUT2D eigenvalue weighted by Crippen LogP contribution is -1.96. The summed E-state index contributed by atoms with van der Waals surface area (Å²) in [4.78, 5) is 16.2. The molecule has 0 unspecified atom stereocenters. The van der Waals surface area contributed by atoms with Crippen LogP contribution in [0.15, 0.2) is 114 Å². The molecule has 0 spiro atoms. The predicted molar refractivity (Wildman–Crippen MR) is 198 cm³/mol. The quantitative estimate of drug-likeness (QED) is 0.0139. The van der Waals surface area contributed by atoms with E-state index >= 15 is 0 Å². The Bertz CT molecular complexity index is 2190. The molecule has 54 heavy (non-hydrogen) atoms. The van der Waals surface area contributed by atoms with Crippen molar-refractivity contribution in [3.63, 3.8) is 0 Å². The van der Waals surface area contributed by atoms with Crippen molar-refractivity contribution in [3.05, 3.63) is 84.4 Å². The number of hydrogen-bond donors (Lipinski definition) is 5. The number of aliphatic imine (C=N–C) groups is 1. The molecule has 0 amide bonds. The molecule has 0 aliphatic rings. The second-order valence-electron chi connectivity index (χ2n) is 10.4. The number of methoxy groups -OCH3 is 2. The third kappa shape index (κ3) is 9.97. The number of nitrogens with zero attached hydrogens (tertiary/aromatic N) is 5. The molecule has 18 nitrogen and oxygen atoms in total. The van der Waals surface area contributed by atoms with E-state index in [-0.39, 0.29) is 51.3 Å². The number of ether oxygens (including phenoxy) is 3. The molecule has 0 aliphatic heterocycles. The number of nitrogens with one attached hydrogen (secondary N) is 1. The van der Waals surface area contributed by atoms with Gasteiger partial charge in [-0.3, -0.25) is 0 Å². The second kappa shape index (κ2) is 19.3. The molecule has 0 atom stereocenters. The van der Waals surface area contributed by atoms with Gasteiger partial charge in [0.25, 0.3) is 0 Å². The van der Waals surface area contributed by atoms with E-state index < -0.39 is 5.97 Å². The Hall–Kier alpha value is -5.84. The zero-order valence-electron chi connectivity index (χ0n) is 28.4. The van der Waals surface area contributed by atoms with Crippen LogP contribution in [0.1, 0.15) is 17.3 Å². The van der Waals surface area contributed by atoms with Gasteiger partial charge >= 0.3 is 5.97 Å². The number of carboxylic acid groups (broad SMARTS) is 1. The van der Waals surface area contributed by atoms with Crippen LogP contribution in [0.4, 0.5) is 39.8 Å². The number of hydrogen-bond acceptors (Lipinski definition) is 19. The summed E-state index contributed by atoms with van der Waals surface area (Å²) in [6.45, 7) is 2.01. The standard InChI is InChI=1S/C34H30N6O12S2/c1-4-48-29-17-26(38-37-23-11-12-28(47-3)30(15-23)53-51-49-44)25(35-18-46-2)16-27(29)39-40-32-31(54-52-50-45)13-20-7-10-22(14-24(20)33(32)41)36-21-8-5-19(6-9-21)34(42)43/h5-18,36,41,44-45H,4H2,1-3H3,(H,42,43)/b35-18-,38-37?,40-39?. The zero-order chi connectivity index (χ0) is 38.5. The maximum absolute atomic E-state index is 11.5. The second-order valence-corrected chi connectivity index (χ2v) is 11.9. The lowest BCUT2D eigenvalue weighted by Gasteiger charge is -2.12. The average Bonchev–Trinajstić information content (AvgIpc) is 3.18. The normalized spacial score (nSPS) is 11.6. The van der Waals surface area contributed by atoms with Crippen LogP contribution in [-0.2, 0) is 23.5 Å². The number of anilines is 2. The summed E-state index contributed by atoms with van der Waals surface area (Å²) in [5.41, 5.74) is 2.42. The highest BCUT2D eigenvalue weighted by Gasteiger charge is 2.18. The number of rotatable bonds is 18. The van der Waals surface area contributed by atoms with Crippen LogP contribution in [0.2, 0.25) is 0 Å². The minimum atomic E-state index is -1.04. The Morgan fingerprint density at radius 2 is 1.50 bits per heavy atom. The van der Waals surface area contributed by atoms with E-state index in [1.54, 1.807) is 67.6 Å². The molecule has 0 aromatic heterocycles. The predicted octanol–water partition coefficient (Wildman–Crippen LogP) is 10.4. The van der Waals surface area contributed by atoms with Crippen LogP contribution in [0.5, 0.6) is 17.2 Å². The largest absolute Gasteiger partial charge is 0.505 e. The third-order valence-corrected chi connectivity index (χ3v) is 8.36. The maximum Gasteiger partial charge on any atom is 0.335 e. The van der Waals surface area contributed by atoms with Gasteiger partial charge in [0, 0.05) is 22.8 Å². The van der Waals surface area contributed by atoms with Crippen molar-refractivity contribution in [2.45, 2.75) is 16.7 Å². The molecule has 5 aromatic rings. The number of azo groups is 2. The first-order valence-corrected chi connectivity index (χ1v) is 16.8. The van der Waals surface area contributed by atoms with Gasteiger partial charge in [-0.15, -0.1) is 24.0 Å². The molecule has 5 rings (SSSR count). The van der Waals surface area contributed by atoms with Gasteiger partial charge in [-0.2, -0.15) is 5.11 Å². The van der Waals surface area contributed by atoms with E-state index in [0.29, 0.717) is 62.6 Å². The third-order valence-electron chi connectivity index (χ3n) is 7.11. The SMILES string of the molecule is CCOc1cc(N=Nc2ccc(OC)c(SOOO)c2)c(/N=C\OC)cc1N=Nc1c(SOOO)cc2ccc(Nc3ccc(C(=O)O)cc3)cc2c1O. The average molecular weight is 779 g/mol. The Kier molecular flexibility index (Phi) is 14.1. The van der Waals surface area contributed by atoms with Crippen molar-refractivity contribution in [1.82, 2.24) is 0 Å². The zero-order valence-corrected chi connectivity index (χ0v) is 30.0. The van der Waals surface area contributed by atoms with Crippen molar-refractivity contribution in [2.24, 2.45) is 25.4 Å². The van der Waals surface area contributed by atoms with Crippen molar-refractivity contribution in [2.75, 3.05) is 26.1 Å². The topological polar surface area (TPSA) is 236 Å². The van der Waals surface area contributed by atoms with Gasteiger partial charge in [-0.05, 0) is 79.0 Å². The van der Waals surface area contributed by atoms with Crippen LogP contribution in [0, 0.1) is 0 Å². The van der Waals surface area contributed by atoms with Gasteiger partial charge in [0.15, 0.2) is 12.2 Å². The summed E-state index contributed by atoms with van der Waals surface area (Å²) in [6.07, 6.45) is 1.19. The fraction of sp³-hybridized carbons (Fsp3) is 0.118. The van der Waals surface area contributed by atoms with E-state index in [2.05, 4.69) is 49.5 Å². The molecule has 0 bridgehead atoms. The number of aromatic carboxylic acids is 1. The fourth-order valence-electron chi connectivity index (χ4n) is 4.74. The minimum Gasteiger partial charge on any atom is -0.505 e. The summed E-state index contributed by atoms with van der Waals surface area (Å²) in [7, 11) is 2.89. The Labute approximate surface area is 314 Å². The van der Waals surface area contributed by atoms with Crippen LogP contribution >= 0.6 is 24.1 Å². The number of benzene rings is 5. The van der Waals surface area contributed by atoms with Crippen LogP contribution in [0.25, 0.3) is 10.8 Å². The van der Waals surface area contributed by atoms with Crippen molar-refractivity contribution in [3.8, 4) is 17.2 Å². The number of phenols is 1. The molecular weight excluding hydrogens is 749 g/mol. The number of carboxylic acids is 1. The molecule has 5 N–H and O–H groups in total. The van der Waals surface area contributed by atoms with Crippen LogP contribution < -0.4 is 14.8 Å². The summed E-state index contributed by atoms with van der Waals surface area (Å²) in [5, 5.41) is 67.1. The number of carbonyl (C=O) groups is 1. The molecule has 280 valence electrons. The molecule has 0 radical (unpaired) electrons. The lowest BCUT2D eigenvalue weighted by atomic mass is 10.1. The Balaban J connectivity index is 1.54. The van der Waals surface area contributed by atoms with E-state index in [0.717, 1.165) is 0 Å². The van der Waals surface area contributed by atoms with E-state index in [1.807, 2.05) is 0 Å². The molecule has 5 aromatic carbocycles. The molecule has 0 saturated heterocycles. The number of fused-ring (bicyclic) bond motifs is 1. The van der Waals surface area contributed by atoms with Gasteiger partial charge in [-0.1, -0.05) is 16.1 Å². The first-order valence-electron chi connectivity index (χ1n) is 15.4. The first-order chi connectivity index (χ1) is 26.3. The van der Waals surface area contributed by atoms with Crippen molar-refractivity contribution < 1.29 is 58.5 Å². The smallest absolute Gasteiger partial charge is 0.335 e. The molecule has 20 heteroatoms. The van der Waals surface area contributed by atoms with Crippen LogP contribution in [0.3, 0.4) is 0 Å². The highest BCUT2D eigenvalue weighted by Crippen LogP contribution is 2.47.